The number of hydrogen-bond acceptors (Lipinski definition) is 3. The van der Waals surface area contributed by atoms with Gasteiger partial charge in [-0.15, -0.1) is 0 Å². The van der Waals surface area contributed by atoms with Gasteiger partial charge in [0.05, 0.1) is 12.3 Å². The van der Waals surface area contributed by atoms with Crippen LogP contribution in [0.3, 0.4) is 0 Å². The van der Waals surface area contributed by atoms with Crippen LogP contribution in [0, 0.1) is 5.92 Å². The monoisotopic (exact) mass is 248 g/mol. The summed E-state index contributed by atoms with van der Waals surface area (Å²) < 4.78 is 5.13. The van der Waals surface area contributed by atoms with E-state index in [-0.39, 0.29) is 17.9 Å². The van der Waals surface area contributed by atoms with Crippen molar-refractivity contribution in [2.24, 2.45) is 5.92 Å². The van der Waals surface area contributed by atoms with E-state index in [0.717, 1.165) is 12.8 Å². The lowest BCUT2D eigenvalue weighted by molar-refractivity contribution is -0.121. The Morgan fingerprint density at radius 1 is 1.44 bits per heavy atom. The van der Waals surface area contributed by atoms with Gasteiger partial charge in [-0.1, -0.05) is 0 Å². The third kappa shape index (κ3) is 2.00. The van der Waals surface area contributed by atoms with Crippen LogP contribution in [0.2, 0.25) is 0 Å². The Morgan fingerprint density at radius 2 is 2.33 bits per heavy atom. The van der Waals surface area contributed by atoms with E-state index >= 15 is 0 Å². The minimum atomic E-state index is -0.0812. The molecule has 3 rings (SSSR count). The number of carbonyl (C=O) groups excluding carboxylic acids is 2. The van der Waals surface area contributed by atoms with Gasteiger partial charge in [0.25, 0.3) is 5.91 Å². The summed E-state index contributed by atoms with van der Waals surface area (Å²) in [6.07, 6.45) is 4.03. The van der Waals surface area contributed by atoms with Crippen molar-refractivity contribution in [3.8, 4) is 0 Å². The summed E-state index contributed by atoms with van der Waals surface area (Å²) in [6.45, 7) is 1.31. The van der Waals surface area contributed by atoms with E-state index in [9.17, 15) is 9.59 Å². The Bertz CT molecular complexity index is 455. The molecule has 1 aromatic heterocycles. The van der Waals surface area contributed by atoms with Crippen LogP contribution < -0.4 is 5.32 Å². The van der Waals surface area contributed by atoms with Crippen molar-refractivity contribution in [3.05, 3.63) is 24.2 Å². The second kappa shape index (κ2) is 4.48. The Morgan fingerprint density at radius 3 is 3.11 bits per heavy atom. The molecule has 18 heavy (non-hydrogen) atoms. The van der Waals surface area contributed by atoms with E-state index in [1.807, 2.05) is 0 Å². The van der Waals surface area contributed by atoms with E-state index in [1.54, 1.807) is 17.0 Å². The smallest absolute Gasteiger partial charge is 0.289 e. The van der Waals surface area contributed by atoms with Gasteiger partial charge in [0, 0.05) is 19.5 Å². The van der Waals surface area contributed by atoms with Crippen LogP contribution >= 0.6 is 0 Å². The number of hydrogen-bond donors (Lipinski definition) is 1. The highest BCUT2D eigenvalue weighted by atomic mass is 16.3. The fourth-order valence-electron chi connectivity index (χ4n) is 2.85. The Balaban J connectivity index is 1.71. The molecule has 2 amide bonds. The molecule has 2 aliphatic heterocycles. The average Bonchev–Trinajstić information content (AvgIpc) is 2.96. The van der Waals surface area contributed by atoms with Crippen molar-refractivity contribution < 1.29 is 14.0 Å². The first-order valence-corrected chi connectivity index (χ1v) is 6.36. The molecule has 2 atom stereocenters. The summed E-state index contributed by atoms with van der Waals surface area (Å²) >= 11 is 0. The molecule has 0 saturated carbocycles. The highest BCUT2D eigenvalue weighted by Gasteiger charge is 2.38. The summed E-state index contributed by atoms with van der Waals surface area (Å²) in [7, 11) is 0. The van der Waals surface area contributed by atoms with E-state index < -0.39 is 0 Å². The van der Waals surface area contributed by atoms with Crippen molar-refractivity contribution in [2.45, 2.75) is 25.3 Å². The molecule has 0 spiro atoms. The summed E-state index contributed by atoms with van der Waals surface area (Å²) in [6, 6.07) is 3.50. The van der Waals surface area contributed by atoms with Gasteiger partial charge in [0.2, 0.25) is 5.91 Å². The first kappa shape index (κ1) is 11.3. The molecule has 96 valence electrons. The number of furan rings is 1. The van der Waals surface area contributed by atoms with E-state index in [4.69, 9.17) is 4.42 Å². The van der Waals surface area contributed by atoms with Crippen molar-refractivity contribution in [3.63, 3.8) is 0 Å². The van der Waals surface area contributed by atoms with Crippen molar-refractivity contribution in [1.29, 1.82) is 0 Å². The molecule has 1 aromatic rings. The molecule has 0 unspecified atom stereocenters. The number of nitrogens with one attached hydrogen (secondary N) is 1. The zero-order chi connectivity index (χ0) is 12.5. The van der Waals surface area contributed by atoms with Crippen LogP contribution in [0.5, 0.6) is 0 Å². The lowest BCUT2D eigenvalue weighted by Crippen LogP contribution is -2.39. The van der Waals surface area contributed by atoms with Gasteiger partial charge in [-0.2, -0.15) is 0 Å². The fraction of sp³-hybridized carbons (Fsp3) is 0.538. The first-order chi connectivity index (χ1) is 8.74. The molecule has 5 nitrogen and oxygen atoms in total. The number of rotatable bonds is 1. The number of carbonyl (C=O) groups is 2. The molecular weight excluding hydrogens is 232 g/mol. The predicted octanol–water partition coefficient (Wildman–Crippen LogP) is 1.02. The van der Waals surface area contributed by atoms with Crippen LogP contribution in [-0.2, 0) is 4.79 Å². The van der Waals surface area contributed by atoms with Gasteiger partial charge in [0.15, 0.2) is 5.76 Å². The molecule has 2 aliphatic rings. The summed E-state index contributed by atoms with van der Waals surface area (Å²) in [5.74, 6) is 0.783. The maximum Gasteiger partial charge on any atom is 0.289 e. The highest BCUT2D eigenvalue weighted by Crippen LogP contribution is 2.26. The van der Waals surface area contributed by atoms with Crippen LogP contribution in [0.1, 0.15) is 29.8 Å². The van der Waals surface area contributed by atoms with Crippen molar-refractivity contribution in [2.75, 3.05) is 13.1 Å². The van der Waals surface area contributed by atoms with Gasteiger partial charge in [-0.25, -0.2) is 0 Å². The molecule has 1 N–H and O–H groups in total. The lowest BCUT2D eigenvalue weighted by Gasteiger charge is -2.15. The Labute approximate surface area is 105 Å². The standard InChI is InChI=1S/C13H16N2O3/c16-12-5-1-3-9-7-15(8-10(9)14-12)13(17)11-4-2-6-18-11/h2,4,6,9-10H,1,3,5,7-8H2,(H,14,16)/t9-,10+/m1/s1. The lowest BCUT2D eigenvalue weighted by atomic mass is 9.99. The quantitative estimate of drug-likeness (QED) is 0.807. The zero-order valence-corrected chi connectivity index (χ0v) is 10.1. The van der Waals surface area contributed by atoms with Crippen molar-refractivity contribution >= 4 is 11.8 Å². The van der Waals surface area contributed by atoms with Gasteiger partial charge in [-0.3, -0.25) is 9.59 Å². The third-order valence-electron chi connectivity index (χ3n) is 3.79. The summed E-state index contributed by atoms with van der Waals surface area (Å²) in [5.41, 5.74) is 0. The predicted molar refractivity (Wildman–Crippen MR) is 63.9 cm³/mol. The van der Waals surface area contributed by atoms with Crippen LogP contribution in [-0.4, -0.2) is 35.8 Å². The number of likely N-dealkylation sites (tertiary alicyclic amines) is 1. The van der Waals surface area contributed by atoms with Gasteiger partial charge in [0.1, 0.15) is 0 Å². The molecule has 0 radical (unpaired) electrons. The normalized spacial score (nSPS) is 27.6. The molecule has 2 saturated heterocycles. The molecular formula is C13H16N2O3. The number of nitrogens with zero attached hydrogens (tertiary/aromatic N) is 1. The van der Waals surface area contributed by atoms with Gasteiger partial charge < -0.3 is 14.6 Å². The zero-order valence-electron chi connectivity index (χ0n) is 10.1. The average molecular weight is 248 g/mol. The SMILES string of the molecule is O=C1CCC[C@@H]2CN(C(=O)c3ccco3)C[C@@H]2N1. The maximum absolute atomic E-state index is 12.1. The van der Waals surface area contributed by atoms with E-state index in [2.05, 4.69) is 5.32 Å². The summed E-state index contributed by atoms with van der Waals surface area (Å²) in [4.78, 5) is 25.4. The maximum atomic E-state index is 12.1. The first-order valence-electron chi connectivity index (χ1n) is 6.36. The highest BCUT2D eigenvalue weighted by molar-refractivity contribution is 5.91. The molecule has 0 aromatic carbocycles. The molecule has 0 bridgehead atoms. The third-order valence-corrected chi connectivity index (χ3v) is 3.79. The van der Waals surface area contributed by atoms with Crippen molar-refractivity contribution in [1.82, 2.24) is 10.2 Å². The van der Waals surface area contributed by atoms with Gasteiger partial charge in [-0.05, 0) is 30.9 Å². The molecule has 5 heteroatoms. The summed E-state index contributed by atoms with van der Waals surface area (Å²) in [5, 5.41) is 3.01. The Hall–Kier alpha value is -1.78. The topological polar surface area (TPSA) is 62.6 Å². The van der Waals surface area contributed by atoms with Crippen LogP contribution in [0.15, 0.2) is 22.8 Å². The van der Waals surface area contributed by atoms with Crippen LogP contribution in [0.25, 0.3) is 0 Å². The fourth-order valence-corrected chi connectivity index (χ4v) is 2.85. The minimum absolute atomic E-state index is 0.0812. The number of amides is 2. The van der Waals surface area contributed by atoms with Gasteiger partial charge >= 0.3 is 0 Å². The second-order valence-corrected chi connectivity index (χ2v) is 5.01. The molecule has 3 heterocycles. The van der Waals surface area contributed by atoms with Crippen LogP contribution in [0.4, 0.5) is 0 Å². The molecule has 2 fully saturated rings. The van der Waals surface area contributed by atoms with E-state index in [0.29, 0.717) is 31.2 Å². The van der Waals surface area contributed by atoms with E-state index in [1.165, 1.54) is 6.26 Å². The molecule has 0 aliphatic carbocycles. The number of fused-ring (bicyclic) bond motifs is 1. The Kier molecular flexibility index (Phi) is 2.81. The second-order valence-electron chi connectivity index (χ2n) is 5.01. The largest absolute Gasteiger partial charge is 0.459 e. The minimum Gasteiger partial charge on any atom is -0.459 e.